The maximum absolute atomic E-state index is 13.2. The highest BCUT2D eigenvalue weighted by Gasteiger charge is 2.40. The number of halogens is 1. The first kappa shape index (κ1) is 17.7. The molecule has 0 aliphatic carbocycles. The quantitative estimate of drug-likeness (QED) is 0.568. The van der Waals surface area contributed by atoms with Gasteiger partial charge in [-0.1, -0.05) is 40.2 Å². The third-order valence-corrected chi connectivity index (χ3v) is 5.59. The molecule has 0 fully saturated rings. The molecular weight excluding hydrogens is 424 g/mol. The monoisotopic (exact) mass is 438 g/mol. The number of benzene rings is 2. The Morgan fingerprint density at radius 1 is 0.963 bits per heavy atom. The molecule has 3 aromatic rings. The van der Waals surface area contributed by atoms with E-state index < -0.39 is 0 Å². The van der Waals surface area contributed by atoms with Crippen molar-refractivity contribution in [3.63, 3.8) is 0 Å². The smallest absolute Gasteiger partial charge is 0.282 e. The van der Waals surface area contributed by atoms with Crippen molar-refractivity contribution in [1.29, 1.82) is 0 Å². The van der Waals surface area contributed by atoms with Gasteiger partial charge in [0.25, 0.3) is 11.8 Å². The van der Waals surface area contributed by atoms with Crippen molar-refractivity contribution in [3.05, 3.63) is 86.7 Å². The van der Waals surface area contributed by atoms with E-state index in [1.165, 1.54) is 16.2 Å². The number of carbonyl (C=O) groups is 2. The summed E-state index contributed by atoms with van der Waals surface area (Å²) < 4.78 is 0.804. The summed E-state index contributed by atoms with van der Waals surface area (Å²) in [4.78, 5) is 28.4. The molecule has 0 saturated heterocycles. The molecule has 2 heterocycles. The zero-order valence-electron chi connectivity index (χ0n) is 14.4. The standard InChI is InChI=1S/C21H15BrN2O2S/c1-13-5-2-7-15(11-13)23-19-18(17-9-4-10-27-17)20(25)24(21(19)26)16-8-3-6-14(22)12-16/h2-12,23H,1H3. The number of aryl methyl sites for hydroxylation is 1. The Bertz CT molecular complexity index is 1070. The SMILES string of the molecule is Cc1cccc(NC2=C(c3cccs3)C(=O)N(c3cccc(Br)c3)C2=O)c1. The van der Waals surface area contributed by atoms with Gasteiger partial charge in [0, 0.05) is 15.0 Å². The van der Waals surface area contributed by atoms with Crippen LogP contribution in [0.2, 0.25) is 0 Å². The normalized spacial score (nSPS) is 14.2. The van der Waals surface area contributed by atoms with Gasteiger partial charge < -0.3 is 5.32 Å². The molecule has 27 heavy (non-hydrogen) atoms. The third-order valence-electron chi connectivity index (χ3n) is 4.21. The fourth-order valence-corrected chi connectivity index (χ4v) is 4.17. The van der Waals surface area contributed by atoms with E-state index in [2.05, 4.69) is 21.2 Å². The predicted molar refractivity (Wildman–Crippen MR) is 113 cm³/mol. The summed E-state index contributed by atoms with van der Waals surface area (Å²) in [5.41, 5.74) is 3.08. The molecule has 0 atom stereocenters. The summed E-state index contributed by atoms with van der Waals surface area (Å²) in [6, 6.07) is 18.6. The number of hydrogen-bond donors (Lipinski definition) is 1. The first-order valence-corrected chi connectivity index (χ1v) is 9.98. The van der Waals surface area contributed by atoms with Gasteiger partial charge in [-0.25, -0.2) is 4.90 Å². The van der Waals surface area contributed by atoms with Gasteiger partial charge in [-0.2, -0.15) is 0 Å². The van der Waals surface area contributed by atoms with Crippen LogP contribution in [-0.2, 0) is 9.59 Å². The number of rotatable bonds is 4. The van der Waals surface area contributed by atoms with Gasteiger partial charge in [-0.15, -0.1) is 11.3 Å². The van der Waals surface area contributed by atoms with Crippen LogP contribution in [-0.4, -0.2) is 11.8 Å². The molecule has 1 aliphatic rings. The van der Waals surface area contributed by atoms with E-state index in [0.717, 1.165) is 20.6 Å². The fourth-order valence-electron chi connectivity index (χ4n) is 3.01. The van der Waals surface area contributed by atoms with E-state index in [4.69, 9.17) is 0 Å². The Balaban J connectivity index is 1.81. The molecule has 1 aliphatic heterocycles. The van der Waals surface area contributed by atoms with Crippen LogP contribution in [0.1, 0.15) is 10.4 Å². The number of amides is 2. The molecular formula is C21H15BrN2O2S. The molecule has 2 amide bonds. The molecule has 0 saturated carbocycles. The van der Waals surface area contributed by atoms with Crippen molar-refractivity contribution < 1.29 is 9.59 Å². The summed E-state index contributed by atoms with van der Waals surface area (Å²) in [5.74, 6) is -0.682. The van der Waals surface area contributed by atoms with Gasteiger partial charge in [0.2, 0.25) is 0 Å². The molecule has 0 unspecified atom stereocenters. The Labute approximate surface area is 169 Å². The summed E-state index contributed by atoms with van der Waals surface area (Å²) in [5, 5.41) is 5.07. The van der Waals surface area contributed by atoms with Crippen LogP contribution in [0.4, 0.5) is 11.4 Å². The van der Waals surface area contributed by atoms with Crippen LogP contribution in [0.25, 0.3) is 5.57 Å². The van der Waals surface area contributed by atoms with Gasteiger partial charge in [-0.05, 0) is 54.3 Å². The van der Waals surface area contributed by atoms with Crippen LogP contribution in [0.3, 0.4) is 0 Å². The first-order chi connectivity index (χ1) is 13.0. The molecule has 1 N–H and O–H groups in total. The van der Waals surface area contributed by atoms with Crippen LogP contribution in [0, 0.1) is 6.92 Å². The lowest BCUT2D eigenvalue weighted by Gasteiger charge is -2.15. The topological polar surface area (TPSA) is 49.4 Å². The minimum atomic E-state index is -0.358. The highest BCUT2D eigenvalue weighted by Crippen LogP contribution is 2.36. The number of carbonyl (C=O) groups excluding carboxylic acids is 2. The van der Waals surface area contributed by atoms with Crippen molar-refractivity contribution in [3.8, 4) is 0 Å². The number of thiophene rings is 1. The minimum absolute atomic E-state index is 0.299. The largest absolute Gasteiger partial charge is 0.350 e. The van der Waals surface area contributed by atoms with E-state index in [1.807, 2.05) is 54.8 Å². The zero-order chi connectivity index (χ0) is 19.0. The van der Waals surface area contributed by atoms with Crippen LogP contribution in [0.15, 0.2) is 76.2 Å². The second-order valence-corrected chi connectivity index (χ2v) is 8.01. The van der Waals surface area contributed by atoms with Crippen LogP contribution >= 0.6 is 27.3 Å². The molecule has 0 radical (unpaired) electrons. The summed E-state index contributed by atoms with van der Waals surface area (Å²) in [6.07, 6.45) is 0. The minimum Gasteiger partial charge on any atom is -0.350 e. The van der Waals surface area contributed by atoms with E-state index in [1.54, 1.807) is 18.2 Å². The molecule has 134 valence electrons. The Morgan fingerprint density at radius 2 is 1.78 bits per heavy atom. The fraction of sp³-hybridized carbons (Fsp3) is 0.0476. The molecule has 1 aromatic heterocycles. The molecule has 4 nitrogen and oxygen atoms in total. The van der Waals surface area contributed by atoms with Gasteiger partial charge >= 0.3 is 0 Å². The molecule has 4 rings (SSSR count). The van der Waals surface area contributed by atoms with Gasteiger partial charge in [0.15, 0.2) is 0 Å². The molecule has 2 aromatic carbocycles. The Morgan fingerprint density at radius 3 is 2.48 bits per heavy atom. The summed E-state index contributed by atoms with van der Waals surface area (Å²) in [6.45, 7) is 1.98. The summed E-state index contributed by atoms with van der Waals surface area (Å²) in [7, 11) is 0. The van der Waals surface area contributed by atoms with Gasteiger partial charge in [0.05, 0.1) is 11.3 Å². The zero-order valence-corrected chi connectivity index (χ0v) is 16.8. The molecule has 0 spiro atoms. The number of imide groups is 1. The van der Waals surface area contributed by atoms with Gasteiger partial charge in [0.1, 0.15) is 5.70 Å². The highest BCUT2D eigenvalue weighted by molar-refractivity contribution is 9.10. The van der Waals surface area contributed by atoms with E-state index in [0.29, 0.717) is 17.0 Å². The lowest BCUT2D eigenvalue weighted by Crippen LogP contribution is -2.32. The Kier molecular flexibility index (Phi) is 4.68. The van der Waals surface area contributed by atoms with Crippen LogP contribution < -0.4 is 10.2 Å². The highest BCUT2D eigenvalue weighted by atomic mass is 79.9. The van der Waals surface area contributed by atoms with Gasteiger partial charge in [-0.3, -0.25) is 9.59 Å². The maximum Gasteiger partial charge on any atom is 0.282 e. The first-order valence-electron chi connectivity index (χ1n) is 8.31. The average Bonchev–Trinajstić information content (AvgIpc) is 3.22. The molecule has 0 bridgehead atoms. The number of nitrogens with one attached hydrogen (secondary N) is 1. The van der Waals surface area contributed by atoms with Crippen molar-refractivity contribution in [1.82, 2.24) is 0 Å². The van der Waals surface area contributed by atoms with E-state index >= 15 is 0 Å². The summed E-state index contributed by atoms with van der Waals surface area (Å²) >= 11 is 4.84. The van der Waals surface area contributed by atoms with Crippen molar-refractivity contribution in [2.45, 2.75) is 6.92 Å². The molecule has 6 heteroatoms. The lowest BCUT2D eigenvalue weighted by molar-refractivity contribution is -0.120. The average molecular weight is 439 g/mol. The second kappa shape index (κ2) is 7.13. The second-order valence-electron chi connectivity index (χ2n) is 6.15. The number of anilines is 2. The number of hydrogen-bond acceptors (Lipinski definition) is 4. The predicted octanol–water partition coefficient (Wildman–Crippen LogP) is 5.22. The van der Waals surface area contributed by atoms with Crippen molar-refractivity contribution in [2.24, 2.45) is 0 Å². The maximum atomic E-state index is 13.2. The van der Waals surface area contributed by atoms with Crippen LogP contribution in [0.5, 0.6) is 0 Å². The Hall–Kier alpha value is -2.70. The van der Waals surface area contributed by atoms with E-state index in [-0.39, 0.29) is 11.8 Å². The van der Waals surface area contributed by atoms with Crippen molar-refractivity contribution in [2.75, 3.05) is 10.2 Å². The lowest BCUT2D eigenvalue weighted by atomic mass is 10.1. The number of nitrogens with zero attached hydrogens (tertiary/aromatic N) is 1. The van der Waals surface area contributed by atoms with E-state index in [9.17, 15) is 9.59 Å². The third kappa shape index (κ3) is 3.34. The van der Waals surface area contributed by atoms with Crippen molar-refractivity contribution >= 4 is 56.0 Å².